The van der Waals surface area contributed by atoms with E-state index < -0.39 is 0 Å². The topological polar surface area (TPSA) is 141 Å². The minimum absolute atomic E-state index is 0.0974. The van der Waals surface area contributed by atoms with Gasteiger partial charge in [-0.05, 0) is 98.0 Å². The van der Waals surface area contributed by atoms with Crippen molar-refractivity contribution in [2.24, 2.45) is 7.05 Å². The molecule has 2 aliphatic carbocycles. The molecule has 2 amide bonds. The van der Waals surface area contributed by atoms with Crippen molar-refractivity contribution in [1.29, 1.82) is 5.26 Å². The monoisotopic (exact) mass is 815 g/mol. The smallest absolute Gasteiger partial charge is 0.275 e. The molecule has 0 spiro atoms. The summed E-state index contributed by atoms with van der Waals surface area (Å²) in [5.74, 6) is 1.07. The zero-order chi connectivity index (χ0) is 42.2. The standard InChI is InChI=1S/C24H23N5O2.C24H26N4O2/c1-27-23(30)21-5-3-2-4-20(21)22(26-27)24(31)29-10-8-28(9-11-29)19-13-16(15-25)12-18(14-19)17-6-7-17;1-2-28-23(29)21-9-4-3-8-20(21)22(25-28)24(30)27-14-12-26(13-15-27)19-7-5-6-18(16-19)17-10-11-17/h2-5,12-14,17H,6-11H2,1H3;3-9,16-17H,2,10-15H2,1H3. The van der Waals surface area contributed by atoms with Crippen molar-refractivity contribution in [2.45, 2.75) is 51.0 Å². The Morgan fingerprint density at radius 3 is 1.67 bits per heavy atom. The predicted molar refractivity (Wildman–Crippen MR) is 236 cm³/mol. The van der Waals surface area contributed by atoms with E-state index in [1.807, 2.05) is 48.2 Å². The number of anilines is 2. The lowest BCUT2D eigenvalue weighted by atomic mass is 10.0. The van der Waals surface area contributed by atoms with Gasteiger partial charge in [-0.25, -0.2) is 9.36 Å². The Labute approximate surface area is 354 Å². The molecule has 4 aromatic carbocycles. The van der Waals surface area contributed by atoms with Gasteiger partial charge in [-0.2, -0.15) is 15.5 Å². The summed E-state index contributed by atoms with van der Waals surface area (Å²) in [6, 6.07) is 31.6. The summed E-state index contributed by atoms with van der Waals surface area (Å²) in [5.41, 5.74) is 6.00. The summed E-state index contributed by atoms with van der Waals surface area (Å²) in [4.78, 5) is 59.7. The summed E-state index contributed by atoms with van der Waals surface area (Å²) in [6.45, 7) is 7.70. The Bertz CT molecular complexity index is 2820. The van der Waals surface area contributed by atoms with Crippen LogP contribution in [-0.2, 0) is 13.6 Å². The second-order valence-electron chi connectivity index (χ2n) is 16.5. The Morgan fingerprint density at radius 1 is 0.607 bits per heavy atom. The van der Waals surface area contributed by atoms with Gasteiger partial charge in [0, 0.05) is 88.1 Å². The zero-order valence-corrected chi connectivity index (χ0v) is 34.7. The van der Waals surface area contributed by atoms with Crippen LogP contribution in [-0.4, -0.2) is 93.5 Å². The first kappa shape index (κ1) is 39.6. The number of amides is 2. The van der Waals surface area contributed by atoms with Gasteiger partial charge in [0.2, 0.25) is 0 Å². The molecule has 0 radical (unpaired) electrons. The van der Waals surface area contributed by atoms with Crippen LogP contribution in [0, 0.1) is 11.3 Å². The molecule has 2 saturated carbocycles. The van der Waals surface area contributed by atoms with Gasteiger partial charge in [-0.3, -0.25) is 19.2 Å². The lowest BCUT2D eigenvalue weighted by molar-refractivity contribution is 0.0733. The number of nitrogens with zero attached hydrogens (tertiary/aromatic N) is 9. The number of carbonyl (C=O) groups is 2. The van der Waals surface area contributed by atoms with Gasteiger partial charge in [0.15, 0.2) is 11.4 Å². The maximum Gasteiger partial charge on any atom is 0.275 e. The van der Waals surface area contributed by atoms with Crippen LogP contribution in [0.5, 0.6) is 0 Å². The second-order valence-corrected chi connectivity index (χ2v) is 16.5. The molecule has 4 fully saturated rings. The number of aromatic nitrogens is 4. The number of aryl methyl sites for hydroxylation is 2. The van der Waals surface area contributed by atoms with E-state index in [0.29, 0.717) is 90.2 Å². The third-order valence-electron chi connectivity index (χ3n) is 12.4. The summed E-state index contributed by atoms with van der Waals surface area (Å²) in [7, 11) is 1.57. The molecule has 4 heterocycles. The minimum Gasteiger partial charge on any atom is -0.368 e. The molecule has 13 nitrogen and oxygen atoms in total. The van der Waals surface area contributed by atoms with Crippen LogP contribution in [0.1, 0.15) is 82.1 Å². The van der Waals surface area contributed by atoms with E-state index in [-0.39, 0.29) is 22.9 Å². The van der Waals surface area contributed by atoms with Crippen molar-refractivity contribution in [2.75, 3.05) is 62.2 Å². The van der Waals surface area contributed by atoms with E-state index in [9.17, 15) is 24.4 Å². The fraction of sp³-hybridized carbons (Fsp3) is 0.354. The van der Waals surface area contributed by atoms with E-state index in [2.05, 4.69) is 56.4 Å². The summed E-state index contributed by atoms with van der Waals surface area (Å²) in [5, 5.41) is 20.4. The quantitative estimate of drug-likeness (QED) is 0.193. The van der Waals surface area contributed by atoms with E-state index in [1.165, 1.54) is 51.9 Å². The van der Waals surface area contributed by atoms with Crippen molar-refractivity contribution >= 4 is 44.7 Å². The number of nitriles is 1. The van der Waals surface area contributed by atoms with Crippen LogP contribution in [0.25, 0.3) is 21.5 Å². The number of hydrogen-bond donors (Lipinski definition) is 0. The number of piperazine rings is 2. The molecular weight excluding hydrogens is 767 g/mol. The molecule has 61 heavy (non-hydrogen) atoms. The maximum atomic E-state index is 13.3. The third-order valence-corrected chi connectivity index (χ3v) is 12.4. The average molecular weight is 816 g/mol. The largest absolute Gasteiger partial charge is 0.368 e. The number of hydrogen-bond acceptors (Lipinski definition) is 9. The first-order valence-corrected chi connectivity index (χ1v) is 21.4. The molecule has 6 aromatic rings. The van der Waals surface area contributed by atoms with Gasteiger partial charge in [-0.1, -0.05) is 48.5 Å². The minimum atomic E-state index is -0.208. The molecule has 2 aromatic heterocycles. The molecule has 10 rings (SSSR count). The van der Waals surface area contributed by atoms with Gasteiger partial charge in [0.25, 0.3) is 22.9 Å². The lowest BCUT2D eigenvalue weighted by Crippen LogP contribution is -2.49. The molecule has 0 N–H and O–H groups in total. The molecule has 0 unspecified atom stereocenters. The highest BCUT2D eigenvalue weighted by molar-refractivity contribution is 6.05. The Hall–Kier alpha value is -6.81. The third kappa shape index (κ3) is 8.10. The molecule has 310 valence electrons. The van der Waals surface area contributed by atoms with E-state index in [1.54, 1.807) is 36.2 Å². The molecule has 0 bridgehead atoms. The molecule has 0 atom stereocenters. The number of carbonyl (C=O) groups excluding carboxylic acids is 2. The fourth-order valence-corrected chi connectivity index (χ4v) is 8.63. The van der Waals surface area contributed by atoms with Crippen LogP contribution in [0.4, 0.5) is 11.4 Å². The molecule has 2 aliphatic heterocycles. The molecular formula is C48H49N9O4. The maximum absolute atomic E-state index is 13.3. The second kappa shape index (κ2) is 16.7. The van der Waals surface area contributed by atoms with Crippen molar-refractivity contribution in [3.05, 3.63) is 140 Å². The summed E-state index contributed by atoms with van der Waals surface area (Å²) >= 11 is 0. The van der Waals surface area contributed by atoms with E-state index in [0.717, 1.165) is 24.7 Å². The van der Waals surface area contributed by atoms with Gasteiger partial charge in [0.1, 0.15) is 0 Å². The SMILES string of the molecule is CCn1nc(C(=O)N2CCN(c3cccc(C4CC4)c3)CC2)c2ccccc2c1=O.Cn1nc(C(=O)N2CCN(c3cc(C#N)cc(C4CC4)c3)CC2)c2ccccc2c1=O. The van der Waals surface area contributed by atoms with Crippen LogP contribution < -0.4 is 20.9 Å². The van der Waals surface area contributed by atoms with Gasteiger partial charge in [0.05, 0.1) is 22.4 Å². The first-order chi connectivity index (χ1) is 29.7. The van der Waals surface area contributed by atoms with Gasteiger partial charge >= 0.3 is 0 Å². The fourth-order valence-electron chi connectivity index (χ4n) is 8.63. The highest BCUT2D eigenvalue weighted by Gasteiger charge is 2.30. The molecule has 4 aliphatic rings. The summed E-state index contributed by atoms with van der Waals surface area (Å²) in [6.07, 6.45) is 4.98. The van der Waals surface area contributed by atoms with Crippen LogP contribution >= 0.6 is 0 Å². The number of benzene rings is 4. The lowest BCUT2D eigenvalue weighted by Gasteiger charge is -2.36. The molecule has 13 heteroatoms. The van der Waals surface area contributed by atoms with Crippen LogP contribution in [0.15, 0.2) is 101 Å². The van der Waals surface area contributed by atoms with Crippen molar-refractivity contribution in [1.82, 2.24) is 29.4 Å². The Balaban J connectivity index is 0.000000156. The highest BCUT2D eigenvalue weighted by atomic mass is 16.2. The van der Waals surface area contributed by atoms with Crippen molar-refractivity contribution in [3.63, 3.8) is 0 Å². The predicted octanol–water partition coefficient (Wildman–Crippen LogP) is 5.90. The highest BCUT2D eigenvalue weighted by Crippen LogP contribution is 2.42. The summed E-state index contributed by atoms with van der Waals surface area (Å²) < 4.78 is 2.62. The first-order valence-electron chi connectivity index (χ1n) is 21.4. The van der Waals surface area contributed by atoms with E-state index in [4.69, 9.17) is 0 Å². The van der Waals surface area contributed by atoms with Gasteiger partial charge in [-0.15, -0.1) is 0 Å². The zero-order valence-electron chi connectivity index (χ0n) is 34.7. The van der Waals surface area contributed by atoms with Gasteiger partial charge < -0.3 is 19.6 Å². The van der Waals surface area contributed by atoms with Crippen molar-refractivity contribution < 1.29 is 9.59 Å². The normalized spacial score (nSPS) is 16.6. The van der Waals surface area contributed by atoms with Crippen LogP contribution in [0.2, 0.25) is 0 Å². The van der Waals surface area contributed by atoms with Crippen LogP contribution in [0.3, 0.4) is 0 Å². The number of rotatable bonds is 7. The van der Waals surface area contributed by atoms with Crippen molar-refractivity contribution in [3.8, 4) is 6.07 Å². The molecule has 2 saturated heterocycles. The number of fused-ring (bicyclic) bond motifs is 2. The Kier molecular flexibility index (Phi) is 10.8. The Morgan fingerprint density at radius 2 is 1.11 bits per heavy atom. The average Bonchev–Trinajstić information content (AvgIpc) is 4.26. The van der Waals surface area contributed by atoms with E-state index >= 15 is 0 Å².